The molecule has 2 N–H and O–H groups in total. The summed E-state index contributed by atoms with van der Waals surface area (Å²) in [5.74, 6) is 5.72. The molecule has 3 heteroatoms. The van der Waals surface area contributed by atoms with Crippen molar-refractivity contribution < 1.29 is 4.79 Å². The lowest BCUT2D eigenvalue weighted by molar-refractivity contribution is -0.120. The zero-order chi connectivity index (χ0) is 10.2. The van der Waals surface area contributed by atoms with Crippen LogP contribution >= 0.6 is 0 Å². The molecule has 0 heterocycles. The molecule has 0 aliphatic heterocycles. The Balaban J connectivity index is 2.05. The minimum Gasteiger partial charge on any atom is -0.352 e. The van der Waals surface area contributed by atoms with Crippen LogP contribution in [0.2, 0.25) is 0 Å². The van der Waals surface area contributed by atoms with Gasteiger partial charge < -0.3 is 5.32 Å². The van der Waals surface area contributed by atoms with E-state index < -0.39 is 0 Å². The van der Waals surface area contributed by atoms with E-state index in [-0.39, 0.29) is 5.91 Å². The van der Waals surface area contributed by atoms with Gasteiger partial charge in [-0.05, 0) is 19.8 Å². The molecule has 0 spiro atoms. The van der Waals surface area contributed by atoms with Gasteiger partial charge in [0.2, 0.25) is 5.91 Å². The normalized spacial score (nSPS) is 16.1. The van der Waals surface area contributed by atoms with Crippen molar-refractivity contribution in [3.63, 3.8) is 0 Å². The third-order valence-electron chi connectivity index (χ3n) is 2.40. The maximum atomic E-state index is 11.3. The number of hydrogen-bond donors (Lipinski definition) is 2. The number of rotatable bonds is 4. The highest BCUT2D eigenvalue weighted by Crippen LogP contribution is 2.17. The summed E-state index contributed by atoms with van der Waals surface area (Å²) < 4.78 is 0. The van der Waals surface area contributed by atoms with Gasteiger partial charge in [-0.1, -0.05) is 18.8 Å². The van der Waals surface area contributed by atoms with Crippen LogP contribution in [0.5, 0.6) is 0 Å². The number of nitrogens with one attached hydrogen (secondary N) is 2. The van der Waals surface area contributed by atoms with E-state index in [2.05, 4.69) is 22.5 Å². The van der Waals surface area contributed by atoms with Gasteiger partial charge in [0.05, 0.1) is 13.1 Å². The molecule has 1 aliphatic rings. The number of carbonyl (C=O) groups excluding carboxylic acids is 1. The van der Waals surface area contributed by atoms with E-state index in [0.29, 0.717) is 19.1 Å². The van der Waals surface area contributed by atoms with Crippen molar-refractivity contribution in [3.05, 3.63) is 0 Å². The van der Waals surface area contributed by atoms with E-state index in [4.69, 9.17) is 0 Å². The molecule has 0 unspecified atom stereocenters. The van der Waals surface area contributed by atoms with Crippen LogP contribution in [0.25, 0.3) is 0 Å². The second-order valence-corrected chi connectivity index (χ2v) is 3.58. The Labute approximate surface area is 85.6 Å². The van der Waals surface area contributed by atoms with E-state index in [1.54, 1.807) is 6.92 Å². The first kappa shape index (κ1) is 11.1. The highest BCUT2D eigenvalue weighted by molar-refractivity contribution is 5.78. The summed E-state index contributed by atoms with van der Waals surface area (Å²) in [6, 6.07) is 0.418. The summed E-state index contributed by atoms with van der Waals surface area (Å²) in [6.45, 7) is 2.76. The second kappa shape index (κ2) is 6.44. The molecule has 0 radical (unpaired) electrons. The van der Waals surface area contributed by atoms with Crippen molar-refractivity contribution in [1.29, 1.82) is 0 Å². The molecule has 0 aromatic carbocycles. The summed E-state index contributed by atoms with van der Waals surface area (Å²) in [4.78, 5) is 11.3. The topological polar surface area (TPSA) is 41.1 Å². The molecule has 0 aromatic rings. The number of hydrogen-bond acceptors (Lipinski definition) is 2. The van der Waals surface area contributed by atoms with Crippen molar-refractivity contribution in [2.75, 3.05) is 13.1 Å². The Hall–Kier alpha value is -1.01. The first-order chi connectivity index (χ1) is 6.83. The summed E-state index contributed by atoms with van der Waals surface area (Å²) in [5, 5.41) is 5.98. The lowest BCUT2D eigenvalue weighted by Gasteiger charge is -2.11. The predicted octanol–water partition coefficient (Wildman–Crippen LogP) is 0.658. The number of carbonyl (C=O) groups is 1. The first-order valence-corrected chi connectivity index (χ1v) is 5.22. The van der Waals surface area contributed by atoms with Crippen LogP contribution in [0.4, 0.5) is 0 Å². The van der Waals surface area contributed by atoms with Crippen LogP contribution in [-0.4, -0.2) is 25.0 Å². The average Bonchev–Trinajstić information content (AvgIpc) is 2.65. The van der Waals surface area contributed by atoms with E-state index >= 15 is 0 Å². The molecular weight excluding hydrogens is 176 g/mol. The fraction of sp³-hybridized carbons (Fsp3) is 0.727. The molecule has 0 atom stereocenters. The molecule has 78 valence electrons. The third kappa shape index (κ3) is 4.29. The van der Waals surface area contributed by atoms with E-state index in [0.717, 1.165) is 12.8 Å². The van der Waals surface area contributed by atoms with Crippen LogP contribution in [0.1, 0.15) is 32.6 Å². The lowest BCUT2D eigenvalue weighted by atomic mass is 10.2. The van der Waals surface area contributed by atoms with Gasteiger partial charge in [0.15, 0.2) is 0 Å². The summed E-state index contributed by atoms with van der Waals surface area (Å²) in [5.41, 5.74) is 0. The molecular formula is C11H18N2O. The van der Waals surface area contributed by atoms with Crippen molar-refractivity contribution >= 4 is 5.91 Å². The summed E-state index contributed by atoms with van der Waals surface area (Å²) in [7, 11) is 0. The zero-order valence-electron chi connectivity index (χ0n) is 8.73. The van der Waals surface area contributed by atoms with Gasteiger partial charge in [-0.25, -0.2) is 0 Å². The van der Waals surface area contributed by atoms with Gasteiger partial charge in [0.1, 0.15) is 0 Å². The molecule has 0 aromatic heterocycles. The van der Waals surface area contributed by atoms with Crippen molar-refractivity contribution in [3.8, 4) is 11.8 Å². The minimum atomic E-state index is 0.0924. The fourth-order valence-corrected chi connectivity index (χ4v) is 1.68. The van der Waals surface area contributed by atoms with Crippen molar-refractivity contribution in [2.24, 2.45) is 0 Å². The van der Waals surface area contributed by atoms with Gasteiger partial charge in [0, 0.05) is 6.04 Å². The monoisotopic (exact) mass is 194 g/mol. The van der Waals surface area contributed by atoms with Crippen LogP contribution in [-0.2, 0) is 4.79 Å². The maximum Gasteiger partial charge on any atom is 0.234 e. The number of amides is 1. The summed E-state index contributed by atoms with van der Waals surface area (Å²) in [6.07, 6.45) is 4.78. The summed E-state index contributed by atoms with van der Waals surface area (Å²) >= 11 is 0. The van der Waals surface area contributed by atoms with Gasteiger partial charge in [-0.15, -0.1) is 5.92 Å². The van der Waals surface area contributed by atoms with Gasteiger partial charge in [-0.2, -0.15) is 0 Å². The van der Waals surface area contributed by atoms with E-state index in [1.165, 1.54) is 12.8 Å². The van der Waals surface area contributed by atoms with E-state index in [1.807, 2.05) is 0 Å². The minimum absolute atomic E-state index is 0.0924. The highest BCUT2D eigenvalue weighted by atomic mass is 16.1. The molecule has 3 nitrogen and oxygen atoms in total. The lowest BCUT2D eigenvalue weighted by Crippen LogP contribution is -2.39. The third-order valence-corrected chi connectivity index (χ3v) is 2.40. The quantitative estimate of drug-likeness (QED) is 0.510. The maximum absolute atomic E-state index is 11.3. The van der Waals surface area contributed by atoms with Crippen LogP contribution in [0, 0.1) is 11.8 Å². The van der Waals surface area contributed by atoms with Gasteiger partial charge in [0.25, 0.3) is 0 Å². The Morgan fingerprint density at radius 3 is 2.79 bits per heavy atom. The molecule has 0 bridgehead atoms. The Bertz CT molecular complexity index is 233. The van der Waals surface area contributed by atoms with Gasteiger partial charge in [-0.3, -0.25) is 10.1 Å². The molecule has 1 aliphatic carbocycles. The highest BCUT2D eigenvalue weighted by Gasteiger charge is 2.16. The first-order valence-electron chi connectivity index (χ1n) is 5.22. The Morgan fingerprint density at radius 2 is 2.14 bits per heavy atom. The molecule has 14 heavy (non-hydrogen) atoms. The Morgan fingerprint density at radius 1 is 1.43 bits per heavy atom. The second-order valence-electron chi connectivity index (χ2n) is 3.58. The molecule has 1 amide bonds. The average molecular weight is 194 g/mol. The Kier molecular flexibility index (Phi) is 5.09. The standard InChI is InChI=1S/C11H18N2O/c1-2-3-8-12-9-11(14)13-10-6-4-5-7-10/h10,12H,4-9H2,1H3,(H,13,14). The SMILES string of the molecule is CC#CCNCC(=O)NC1CCCC1. The molecule has 0 saturated heterocycles. The van der Waals surface area contributed by atoms with Crippen LogP contribution < -0.4 is 10.6 Å². The predicted molar refractivity (Wildman–Crippen MR) is 56.7 cm³/mol. The largest absolute Gasteiger partial charge is 0.352 e. The molecule has 1 fully saturated rings. The van der Waals surface area contributed by atoms with Crippen LogP contribution in [0.3, 0.4) is 0 Å². The smallest absolute Gasteiger partial charge is 0.234 e. The zero-order valence-corrected chi connectivity index (χ0v) is 8.73. The fourth-order valence-electron chi connectivity index (χ4n) is 1.68. The van der Waals surface area contributed by atoms with E-state index in [9.17, 15) is 4.79 Å². The molecule has 1 rings (SSSR count). The van der Waals surface area contributed by atoms with Crippen molar-refractivity contribution in [2.45, 2.75) is 38.6 Å². The van der Waals surface area contributed by atoms with Crippen LogP contribution in [0.15, 0.2) is 0 Å². The molecule has 1 saturated carbocycles. The van der Waals surface area contributed by atoms with Crippen molar-refractivity contribution in [1.82, 2.24) is 10.6 Å². The van der Waals surface area contributed by atoms with Gasteiger partial charge >= 0.3 is 0 Å².